The Morgan fingerprint density at radius 3 is 2.31 bits per heavy atom. The molecule has 0 unspecified atom stereocenters. The maximum Gasteiger partial charge on any atom is 0.189 e. The van der Waals surface area contributed by atoms with E-state index in [0.29, 0.717) is 28.6 Å². The van der Waals surface area contributed by atoms with Gasteiger partial charge in [0.05, 0.1) is 31.9 Å². The van der Waals surface area contributed by atoms with Crippen LogP contribution in [0.1, 0.15) is 21.5 Å². The van der Waals surface area contributed by atoms with Crippen LogP contribution in [0.4, 0.5) is 4.39 Å². The maximum atomic E-state index is 13.2. The molecule has 7 heteroatoms. The van der Waals surface area contributed by atoms with Crippen molar-refractivity contribution < 1.29 is 28.1 Å². The van der Waals surface area contributed by atoms with E-state index in [2.05, 4.69) is 0 Å². The summed E-state index contributed by atoms with van der Waals surface area (Å²) in [6.07, 6.45) is 3.15. The first-order chi connectivity index (χ1) is 15.4. The summed E-state index contributed by atoms with van der Waals surface area (Å²) in [5.74, 6) is 1.32. The van der Waals surface area contributed by atoms with Crippen LogP contribution in [0, 0.1) is 5.82 Å². The fourth-order valence-corrected chi connectivity index (χ4v) is 3.25. The normalized spacial score (nSPS) is 10.8. The van der Waals surface area contributed by atoms with Gasteiger partial charge in [0.25, 0.3) is 0 Å². The molecule has 0 radical (unpaired) electrons. The molecule has 0 saturated carbocycles. The number of halogens is 2. The molecule has 0 aromatic heterocycles. The number of methoxy groups -OCH3 is 3. The summed E-state index contributed by atoms with van der Waals surface area (Å²) in [4.78, 5) is 12.7. The van der Waals surface area contributed by atoms with Gasteiger partial charge in [-0.1, -0.05) is 23.7 Å². The first-order valence-corrected chi connectivity index (χ1v) is 10.0. The Morgan fingerprint density at radius 2 is 1.62 bits per heavy atom. The van der Waals surface area contributed by atoms with Gasteiger partial charge in [0.2, 0.25) is 0 Å². The average Bonchev–Trinajstić information content (AvgIpc) is 2.81. The summed E-state index contributed by atoms with van der Waals surface area (Å²) in [5, 5.41) is 0.179. The van der Waals surface area contributed by atoms with Gasteiger partial charge in [-0.05, 0) is 60.2 Å². The van der Waals surface area contributed by atoms with Crippen molar-refractivity contribution in [1.29, 1.82) is 0 Å². The number of hydrogen-bond acceptors (Lipinski definition) is 5. The Morgan fingerprint density at radius 1 is 0.906 bits per heavy atom. The molecular weight excluding hydrogens is 435 g/mol. The molecule has 3 aromatic rings. The molecule has 166 valence electrons. The Kier molecular flexibility index (Phi) is 7.73. The molecule has 0 spiro atoms. The molecule has 3 rings (SSSR count). The lowest BCUT2D eigenvalue weighted by Gasteiger charge is -2.12. The molecule has 0 aliphatic rings. The first kappa shape index (κ1) is 23.2. The van der Waals surface area contributed by atoms with Crippen molar-refractivity contribution >= 4 is 23.5 Å². The van der Waals surface area contributed by atoms with Crippen molar-refractivity contribution in [3.05, 3.63) is 88.2 Å². The van der Waals surface area contributed by atoms with E-state index in [1.54, 1.807) is 37.5 Å². The standard InChI is InChI=1S/C25H22ClFO5/c1-29-19-7-11-24(31-3)20(14-19)22(28)8-4-16-5-9-23(30-2)17(12-16)15-32-25-10-6-18(27)13-21(25)26/h4-14H,15H2,1-3H3/b8-4+. The first-order valence-electron chi connectivity index (χ1n) is 9.64. The molecule has 0 aliphatic carbocycles. The van der Waals surface area contributed by atoms with E-state index < -0.39 is 5.82 Å². The third kappa shape index (κ3) is 5.59. The van der Waals surface area contributed by atoms with Crippen molar-refractivity contribution in [2.24, 2.45) is 0 Å². The van der Waals surface area contributed by atoms with Crippen molar-refractivity contribution in [3.8, 4) is 23.0 Å². The molecule has 32 heavy (non-hydrogen) atoms. The van der Waals surface area contributed by atoms with Crippen molar-refractivity contribution in [2.75, 3.05) is 21.3 Å². The number of hydrogen-bond donors (Lipinski definition) is 0. The zero-order valence-electron chi connectivity index (χ0n) is 17.9. The molecule has 0 N–H and O–H groups in total. The van der Waals surface area contributed by atoms with Gasteiger partial charge in [-0.2, -0.15) is 0 Å². The van der Waals surface area contributed by atoms with E-state index >= 15 is 0 Å². The minimum absolute atomic E-state index is 0.147. The lowest BCUT2D eigenvalue weighted by Crippen LogP contribution is -2.01. The van der Waals surface area contributed by atoms with Gasteiger partial charge in [0.1, 0.15) is 35.4 Å². The Labute approximate surface area is 190 Å². The number of ketones is 1. The number of benzene rings is 3. The molecule has 0 bridgehead atoms. The van der Waals surface area contributed by atoms with E-state index in [1.165, 1.54) is 38.5 Å². The zero-order valence-corrected chi connectivity index (χ0v) is 18.6. The summed E-state index contributed by atoms with van der Waals surface area (Å²) in [6, 6.07) is 14.4. The fourth-order valence-electron chi connectivity index (χ4n) is 3.03. The third-order valence-corrected chi connectivity index (χ3v) is 4.98. The number of rotatable bonds is 9. The topological polar surface area (TPSA) is 54.0 Å². The third-order valence-electron chi connectivity index (χ3n) is 4.68. The Bertz CT molecular complexity index is 1140. The predicted octanol–water partition coefficient (Wildman–Crippen LogP) is 5.98. The molecule has 0 heterocycles. The van der Waals surface area contributed by atoms with Gasteiger partial charge in [0, 0.05) is 5.56 Å². The van der Waals surface area contributed by atoms with Gasteiger partial charge in [0.15, 0.2) is 5.78 Å². The van der Waals surface area contributed by atoms with Crippen LogP contribution in [0.25, 0.3) is 6.08 Å². The van der Waals surface area contributed by atoms with E-state index in [1.807, 2.05) is 12.1 Å². The van der Waals surface area contributed by atoms with E-state index in [9.17, 15) is 9.18 Å². The van der Waals surface area contributed by atoms with Gasteiger partial charge >= 0.3 is 0 Å². The zero-order chi connectivity index (χ0) is 23.1. The largest absolute Gasteiger partial charge is 0.497 e. The highest BCUT2D eigenvalue weighted by Crippen LogP contribution is 2.28. The minimum atomic E-state index is -0.440. The molecule has 0 saturated heterocycles. The number of allylic oxidation sites excluding steroid dienone is 1. The van der Waals surface area contributed by atoms with Gasteiger partial charge in [-0.15, -0.1) is 0 Å². The van der Waals surface area contributed by atoms with Crippen LogP contribution in [0.5, 0.6) is 23.0 Å². The summed E-state index contributed by atoms with van der Waals surface area (Å²) >= 11 is 6.03. The lowest BCUT2D eigenvalue weighted by molar-refractivity contribution is 0.104. The maximum absolute atomic E-state index is 13.2. The van der Waals surface area contributed by atoms with Crippen LogP contribution in [-0.2, 0) is 6.61 Å². The molecular formula is C25H22ClFO5. The van der Waals surface area contributed by atoms with Crippen LogP contribution in [-0.4, -0.2) is 27.1 Å². The highest BCUT2D eigenvalue weighted by atomic mass is 35.5. The summed E-state index contributed by atoms with van der Waals surface area (Å²) in [5.41, 5.74) is 1.90. The minimum Gasteiger partial charge on any atom is -0.497 e. The number of ether oxygens (including phenoxy) is 4. The van der Waals surface area contributed by atoms with Crippen molar-refractivity contribution in [2.45, 2.75) is 6.61 Å². The molecule has 0 fully saturated rings. The lowest BCUT2D eigenvalue weighted by atomic mass is 10.1. The van der Waals surface area contributed by atoms with Crippen LogP contribution in [0.2, 0.25) is 5.02 Å². The average molecular weight is 457 g/mol. The van der Waals surface area contributed by atoms with Crippen molar-refractivity contribution in [1.82, 2.24) is 0 Å². The van der Waals surface area contributed by atoms with E-state index in [4.69, 9.17) is 30.5 Å². The summed E-state index contributed by atoms with van der Waals surface area (Å²) in [6.45, 7) is 0.147. The fraction of sp³-hybridized carbons (Fsp3) is 0.160. The van der Waals surface area contributed by atoms with E-state index in [0.717, 1.165) is 11.1 Å². The van der Waals surface area contributed by atoms with Gasteiger partial charge < -0.3 is 18.9 Å². The number of carbonyl (C=O) groups is 1. The second-order valence-corrected chi connectivity index (χ2v) is 7.11. The second kappa shape index (κ2) is 10.7. The van der Waals surface area contributed by atoms with Crippen molar-refractivity contribution in [3.63, 3.8) is 0 Å². The highest BCUT2D eigenvalue weighted by Gasteiger charge is 2.12. The van der Waals surface area contributed by atoms with Gasteiger partial charge in [-0.25, -0.2) is 4.39 Å². The smallest absolute Gasteiger partial charge is 0.189 e. The van der Waals surface area contributed by atoms with Gasteiger partial charge in [-0.3, -0.25) is 4.79 Å². The molecule has 5 nitrogen and oxygen atoms in total. The Hall–Kier alpha value is -3.51. The monoisotopic (exact) mass is 456 g/mol. The molecule has 3 aromatic carbocycles. The van der Waals surface area contributed by atoms with Crippen LogP contribution in [0.3, 0.4) is 0 Å². The Balaban J connectivity index is 1.80. The van der Waals surface area contributed by atoms with Crippen LogP contribution in [0.15, 0.2) is 60.7 Å². The second-order valence-electron chi connectivity index (χ2n) is 6.70. The summed E-state index contributed by atoms with van der Waals surface area (Å²) < 4.78 is 34.8. The van der Waals surface area contributed by atoms with Crippen LogP contribution >= 0.6 is 11.6 Å². The SMILES string of the molecule is COc1ccc(OC)c(C(=O)/C=C/c2ccc(OC)c(COc3ccc(F)cc3Cl)c2)c1. The predicted molar refractivity (Wildman–Crippen MR) is 122 cm³/mol. The molecule has 0 atom stereocenters. The van der Waals surface area contributed by atoms with Crippen LogP contribution < -0.4 is 18.9 Å². The molecule has 0 aliphatic heterocycles. The quantitative estimate of drug-likeness (QED) is 0.293. The molecule has 0 amide bonds. The summed E-state index contributed by atoms with van der Waals surface area (Å²) in [7, 11) is 4.59. The number of carbonyl (C=O) groups excluding carboxylic acids is 1. The van der Waals surface area contributed by atoms with E-state index in [-0.39, 0.29) is 17.4 Å². The highest BCUT2D eigenvalue weighted by molar-refractivity contribution is 6.32.